The molecule has 7 heteroatoms. The predicted octanol–water partition coefficient (Wildman–Crippen LogP) is 1.31. The molecule has 4 N–H and O–H groups in total. The van der Waals surface area contributed by atoms with Crippen molar-refractivity contribution >= 4 is 17.9 Å². The van der Waals surface area contributed by atoms with Crippen LogP contribution < -0.4 is 16.4 Å². The highest BCUT2D eigenvalue weighted by Gasteiger charge is 2.53. The smallest absolute Gasteiger partial charge is 0.312 e. The van der Waals surface area contributed by atoms with Crippen LogP contribution in [0.15, 0.2) is 0 Å². The SMILES string of the molecule is C[C@H](NC(=O)COC(=O)CCNC(N)=O)C12CC3CC(CC(C3)C1)C2. The lowest BCUT2D eigenvalue weighted by atomic mass is 9.48. The van der Waals surface area contributed by atoms with E-state index in [1.807, 2.05) is 0 Å². The molecule has 0 aromatic rings. The third kappa shape index (κ3) is 4.25. The van der Waals surface area contributed by atoms with Crippen molar-refractivity contribution in [2.24, 2.45) is 28.9 Å². The van der Waals surface area contributed by atoms with Gasteiger partial charge < -0.3 is 21.1 Å². The molecule has 25 heavy (non-hydrogen) atoms. The third-order valence-electron chi connectivity index (χ3n) is 6.37. The zero-order chi connectivity index (χ0) is 18.0. The highest BCUT2D eigenvalue weighted by Crippen LogP contribution is 2.61. The highest BCUT2D eigenvalue weighted by atomic mass is 16.5. The van der Waals surface area contributed by atoms with Gasteiger partial charge >= 0.3 is 12.0 Å². The molecule has 4 saturated carbocycles. The molecule has 4 fully saturated rings. The number of rotatable bonds is 7. The second-order valence-electron chi connectivity index (χ2n) is 8.27. The quantitative estimate of drug-likeness (QED) is 0.601. The average Bonchev–Trinajstić information content (AvgIpc) is 2.51. The number of carbonyl (C=O) groups is 3. The first-order chi connectivity index (χ1) is 11.9. The standard InChI is InChI=1S/C18H29N3O4/c1-11(18-7-12-4-13(8-18)6-14(5-12)9-18)21-15(22)10-25-16(23)2-3-20-17(19)24/h11-14H,2-10H2,1H3,(H,21,22)(H3,19,20,24)/t11-,12?,13?,14?,18?/m0/s1. The second kappa shape index (κ2) is 7.22. The zero-order valence-electron chi connectivity index (χ0n) is 14.9. The van der Waals surface area contributed by atoms with Gasteiger partial charge in [0, 0.05) is 12.6 Å². The van der Waals surface area contributed by atoms with E-state index in [2.05, 4.69) is 17.6 Å². The fraction of sp³-hybridized carbons (Fsp3) is 0.833. The lowest BCUT2D eigenvalue weighted by molar-refractivity contribution is -0.149. The molecule has 0 saturated heterocycles. The minimum Gasteiger partial charge on any atom is -0.456 e. The lowest BCUT2D eigenvalue weighted by Crippen LogP contribution is -2.56. The van der Waals surface area contributed by atoms with E-state index < -0.39 is 12.0 Å². The van der Waals surface area contributed by atoms with E-state index >= 15 is 0 Å². The van der Waals surface area contributed by atoms with Crippen LogP contribution in [0.2, 0.25) is 0 Å². The zero-order valence-corrected chi connectivity index (χ0v) is 14.9. The van der Waals surface area contributed by atoms with Crippen LogP contribution in [0.25, 0.3) is 0 Å². The molecule has 0 aromatic heterocycles. The Kier molecular flexibility index (Phi) is 5.20. The van der Waals surface area contributed by atoms with Crippen molar-refractivity contribution in [2.75, 3.05) is 13.2 Å². The maximum Gasteiger partial charge on any atom is 0.312 e. The summed E-state index contributed by atoms with van der Waals surface area (Å²) in [5.74, 6) is 1.73. The van der Waals surface area contributed by atoms with Crippen molar-refractivity contribution < 1.29 is 19.1 Å². The van der Waals surface area contributed by atoms with Crippen LogP contribution in [0.1, 0.15) is 51.9 Å². The summed E-state index contributed by atoms with van der Waals surface area (Å²) in [4.78, 5) is 34.2. The van der Waals surface area contributed by atoms with Crippen LogP contribution in [-0.2, 0) is 14.3 Å². The maximum atomic E-state index is 12.2. The Balaban J connectivity index is 1.42. The first kappa shape index (κ1) is 18.0. The normalized spacial score (nSPS) is 33.6. The van der Waals surface area contributed by atoms with Crippen LogP contribution >= 0.6 is 0 Å². The summed E-state index contributed by atoms with van der Waals surface area (Å²) in [6, 6.07) is -0.571. The van der Waals surface area contributed by atoms with E-state index in [0.29, 0.717) is 0 Å². The summed E-state index contributed by atoms with van der Waals surface area (Å²) in [5, 5.41) is 5.37. The number of amides is 3. The first-order valence-corrected chi connectivity index (χ1v) is 9.34. The first-order valence-electron chi connectivity index (χ1n) is 9.34. The molecular formula is C18H29N3O4. The molecule has 0 heterocycles. The maximum absolute atomic E-state index is 12.2. The van der Waals surface area contributed by atoms with E-state index in [1.165, 1.54) is 38.5 Å². The number of nitrogens with two attached hydrogens (primary N) is 1. The van der Waals surface area contributed by atoms with Crippen molar-refractivity contribution in [3.63, 3.8) is 0 Å². The molecule has 140 valence electrons. The predicted molar refractivity (Wildman–Crippen MR) is 91.4 cm³/mol. The van der Waals surface area contributed by atoms with Crippen molar-refractivity contribution in [3.05, 3.63) is 0 Å². The van der Waals surface area contributed by atoms with E-state index in [1.54, 1.807) is 0 Å². The van der Waals surface area contributed by atoms with Crippen LogP contribution in [0.5, 0.6) is 0 Å². The number of hydrogen-bond donors (Lipinski definition) is 3. The largest absolute Gasteiger partial charge is 0.456 e. The third-order valence-corrected chi connectivity index (χ3v) is 6.37. The minimum absolute atomic E-state index is 0.000745. The van der Waals surface area contributed by atoms with Gasteiger partial charge in [0.1, 0.15) is 0 Å². The molecule has 1 atom stereocenters. The second-order valence-corrected chi connectivity index (χ2v) is 8.27. The van der Waals surface area contributed by atoms with Gasteiger partial charge in [0.15, 0.2) is 6.61 Å². The van der Waals surface area contributed by atoms with Gasteiger partial charge in [0.05, 0.1) is 6.42 Å². The summed E-state index contributed by atoms with van der Waals surface area (Å²) >= 11 is 0. The van der Waals surface area contributed by atoms with E-state index in [9.17, 15) is 14.4 Å². The van der Waals surface area contributed by atoms with Gasteiger partial charge in [-0.05, 0) is 68.6 Å². The highest BCUT2D eigenvalue weighted by molar-refractivity contribution is 5.81. The number of carbonyl (C=O) groups excluding carboxylic acids is 3. The summed E-state index contributed by atoms with van der Waals surface area (Å²) < 4.78 is 4.96. The average molecular weight is 351 g/mol. The fourth-order valence-electron chi connectivity index (χ4n) is 5.65. The molecular weight excluding hydrogens is 322 g/mol. The van der Waals surface area contributed by atoms with Crippen LogP contribution in [-0.4, -0.2) is 37.1 Å². The Morgan fingerprint density at radius 1 is 1.12 bits per heavy atom. The lowest BCUT2D eigenvalue weighted by Gasteiger charge is -2.59. The van der Waals surface area contributed by atoms with Crippen LogP contribution in [0.4, 0.5) is 4.79 Å². The van der Waals surface area contributed by atoms with Gasteiger partial charge in [-0.1, -0.05) is 0 Å². The molecule has 3 amide bonds. The molecule has 4 rings (SSSR count). The molecule has 0 aliphatic heterocycles. The molecule has 0 radical (unpaired) electrons. The van der Waals surface area contributed by atoms with E-state index in [4.69, 9.17) is 10.5 Å². The monoisotopic (exact) mass is 351 g/mol. The van der Waals surface area contributed by atoms with Crippen molar-refractivity contribution in [2.45, 2.75) is 57.9 Å². The summed E-state index contributed by atoms with van der Waals surface area (Å²) in [6.45, 7) is 1.94. The van der Waals surface area contributed by atoms with E-state index in [0.717, 1.165) is 17.8 Å². The van der Waals surface area contributed by atoms with Gasteiger partial charge in [-0.3, -0.25) is 9.59 Å². The molecule has 4 bridgehead atoms. The number of ether oxygens (including phenoxy) is 1. The molecule has 0 unspecified atom stereocenters. The topological polar surface area (TPSA) is 111 Å². The van der Waals surface area contributed by atoms with Crippen molar-refractivity contribution in [1.29, 1.82) is 0 Å². The Bertz CT molecular complexity index is 513. The van der Waals surface area contributed by atoms with Gasteiger partial charge in [-0.2, -0.15) is 0 Å². The van der Waals surface area contributed by atoms with Crippen LogP contribution in [0.3, 0.4) is 0 Å². The Hall–Kier alpha value is -1.79. The molecule has 7 nitrogen and oxygen atoms in total. The van der Waals surface area contributed by atoms with Crippen molar-refractivity contribution in [3.8, 4) is 0 Å². The van der Waals surface area contributed by atoms with Gasteiger partial charge in [0.25, 0.3) is 5.91 Å². The number of primary amides is 1. The van der Waals surface area contributed by atoms with Crippen LogP contribution in [0, 0.1) is 23.2 Å². The van der Waals surface area contributed by atoms with E-state index in [-0.39, 0.29) is 36.9 Å². The number of esters is 1. The van der Waals surface area contributed by atoms with Crippen molar-refractivity contribution in [1.82, 2.24) is 10.6 Å². The molecule has 4 aliphatic carbocycles. The van der Waals surface area contributed by atoms with Gasteiger partial charge in [-0.25, -0.2) is 4.79 Å². The number of urea groups is 1. The summed E-state index contributed by atoms with van der Waals surface area (Å²) in [6.07, 6.45) is 7.78. The molecule has 4 aliphatic rings. The fourth-order valence-corrected chi connectivity index (χ4v) is 5.65. The number of nitrogens with one attached hydrogen (secondary N) is 2. The van der Waals surface area contributed by atoms with Gasteiger partial charge in [0.2, 0.25) is 0 Å². The summed E-state index contributed by atoms with van der Waals surface area (Å²) in [7, 11) is 0. The Morgan fingerprint density at radius 2 is 1.68 bits per heavy atom. The number of hydrogen-bond acceptors (Lipinski definition) is 4. The Morgan fingerprint density at radius 3 is 2.20 bits per heavy atom. The molecule has 0 spiro atoms. The Labute approximate surface area is 148 Å². The van der Waals surface area contributed by atoms with Gasteiger partial charge in [-0.15, -0.1) is 0 Å². The minimum atomic E-state index is -0.685. The molecule has 0 aromatic carbocycles. The summed E-state index contributed by atoms with van der Waals surface area (Å²) in [5.41, 5.74) is 5.15.